The van der Waals surface area contributed by atoms with Crippen LogP contribution in [0.4, 0.5) is 18.4 Å². The molecular formula is C29H32BClF2N6O12S. The van der Waals surface area contributed by atoms with Crippen LogP contribution in [0.25, 0.3) is 0 Å². The van der Waals surface area contributed by atoms with Crippen molar-refractivity contribution in [1.82, 2.24) is 30.5 Å². The summed E-state index contributed by atoms with van der Waals surface area (Å²) in [4.78, 5) is 64.4. The molecule has 0 aliphatic carbocycles. The molecule has 2 aromatic carbocycles. The largest absolute Gasteiger partial charge is 0.547 e. The van der Waals surface area contributed by atoms with Gasteiger partial charge in [0.2, 0.25) is 21.8 Å². The highest BCUT2D eigenvalue weighted by atomic mass is 35.5. The molecule has 2 fully saturated rings. The van der Waals surface area contributed by atoms with Crippen molar-refractivity contribution < 1.29 is 66.2 Å². The van der Waals surface area contributed by atoms with Gasteiger partial charge >= 0.3 is 25.1 Å². The summed E-state index contributed by atoms with van der Waals surface area (Å²) in [5.41, 5.74) is -1.46. The van der Waals surface area contributed by atoms with Crippen LogP contribution in [0.1, 0.15) is 46.8 Å². The smallest absolute Gasteiger partial charge is 0.534 e. The Kier molecular flexibility index (Phi) is 11.3. The minimum Gasteiger partial charge on any atom is -0.534 e. The molecule has 0 saturated carbocycles. The molecular weight excluding hydrogens is 741 g/mol. The monoisotopic (exact) mass is 772 g/mol. The average Bonchev–Trinajstić information content (AvgIpc) is 3.77. The summed E-state index contributed by atoms with van der Waals surface area (Å²) in [6.45, 7) is -0.267. The van der Waals surface area contributed by atoms with Gasteiger partial charge in [-0.15, -0.1) is 0 Å². The van der Waals surface area contributed by atoms with Gasteiger partial charge in [-0.2, -0.15) is 0 Å². The second-order valence-electron chi connectivity index (χ2n) is 12.0. The molecule has 18 nitrogen and oxygen atoms in total. The molecule has 2 aromatic rings. The van der Waals surface area contributed by atoms with Gasteiger partial charge in [-0.25, -0.2) is 40.8 Å². The average molecular weight is 773 g/mol. The van der Waals surface area contributed by atoms with Gasteiger partial charge in [0.15, 0.2) is 17.3 Å². The topological polar surface area (TPSA) is 264 Å². The van der Waals surface area contributed by atoms with E-state index in [2.05, 4.69) is 21.3 Å². The van der Waals surface area contributed by atoms with E-state index in [0.717, 1.165) is 18.6 Å². The number of phenols is 2. The van der Waals surface area contributed by atoms with Gasteiger partial charge in [0.25, 0.3) is 0 Å². The lowest BCUT2D eigenvalue weighted by Gasteiger charge is -2.31. The Morgan fingerprint density at radius 1 is 1.13 bits per heavy atom. The van der Waals surface area contributed by atoms with Gasteiger partial charge < -0.3 is 46.3 Å². The van der Waals surface area contributed by atoms with Crippen LogP contribution < -0.4 is 25.9 Å². The van der Waals surface area contributed by atoms with Crippen molar-refractivity contribution >= 4 is 58.6 Å². The Balaban J connectivity index is 1.31. The number of carbonyl (C=O) groups excluding carboxylic acids is 4. The van der Waals surface area contributed by atoms with E-state index in [1.165, 1.54) is 0 Å². The zero-order valence-corrected chi connectivity index (χ0v) is 28.5. The number of sulfonamides is 1. The van der Waals surface area contributed by atoms with Crippen LogP contribution in [-0.2, 0) is 26.0 Å². The number of benzene rings is 2. The molecule has 3 heterocycles. The fourth-order valence-corrected chi connectivity index (χ4v) is 7.59. The van der Waals surface area contributed by atoms with E-state index in [0.29, 0.717) is 28.2 Å². The van der Waals surface area contributed by atoms with Crippen LogP contribution in [0.15, 0.2) is 18.2 Å². The second kappa shape index (κ2) is 15.4. The molecule has 0 radical (unpaired) electrons. The number of hydrogen-bond donors (Lipinski definition) is 8. The van der Waals surface area contributed by atoms with Gasteiger partial charge in [0.05, 0.1) is 35.8 Å². The summed E-state index contributed by atoms with van der Waals surface area (Å²) in [5.74, 6) is -10.9. The van der Waals surface area contributed by atoms with Crippen molar-refractivity contribution in [3.05, 3.63) is 51.5 Å². The van der Waals surface area contributed by atoms with Crippen LogP contribution in [0.3, 0.4) is 0 Å². The van der Waals surface area contributed by atoms with Crippen molar-refractivity contribution in [3.8, 4) is 17.2 Å². The lowest BCUT2D eigenvalue weighted by molar-refractivity contribution is -0.124. The first-order valence-electron chi connectivity index (χ1n) is 15.7. The minimum absolute atomic E-state index is 0.0000147. The highest BCUT2D eigenvalue weighted by Gasteiger charge is 2.43. The molecule has 3 aliphatic rings. The zero-order chi connectivity index (χ0) is 38.1. The van der Waals surface area contributed by atoms with Crippen molar-refractivity contribution in [2.45, 2.75) is 43.7 Å². The van der Waals surface area contributed by atoms with Crippen LogP contribution in [-0.4, -0.2) is 119 Å². The van der Waals surface area contributed by atoms with Crippen LogP contribution in [0, 0.1) is 11.6 Å². The third-order valence-electron chi connectivity index (χ3n) is 8.59. The number of carbonyl (C=O) groups is 5. The molecule has 0 spiro atoms. The van der Waals surface area contributed by atoms with Crippen LogP contribution >= 0.6 is 11.6 Å². The molecule has 52 heavy (non-hydrogen) atoms. The highest BCUT2D eigenvalue weighted by molar-refractivity contribution is 7.89. The molecule has 6 amide bonds. The number of fused-ring (bicyclic) bond motifs is 1. The zero-order valence-electron chi connectivity index (χ0n) is 26.9. The number of aromatic carboxylic acids is 1. The number of amides is 6. The number of aromatic hydroxyl groups is 2. The third-order valence-corrected chi connectivity index (χ3v) is 10.8. The van der Waals surface area contributed by atoms with Crippen molar-refractivity contribution in [2.24, 2.45) is 0 Å². The number of phenolic OH excluding ortho intramolecular Hbond substituents is 2. The summed E-state index contributed by atoms with van der Waals surface area (Å²) in [7, 11) is -6.28. The summed E-state index contributed by atoms with van der Waals surface area (Å²) < 4.78 is 60.4. The fourth-order valence-electron chi connectivity index (χ4n) is 5.91. The number of imide groups is 1. The Labute approximate surface area is 299 Å². The van der Waals surface area contributed by atoms with Crippen molar-refractivity contribution in [1.29, 1.82) is 0 Å². The van der Waals surface area contributed by atoms with E-state index in [1.54, 1.807) is 0 Å². The standard InChI is InChI=1S/C29H32BClF2N6O12S/c31-20-14(12-16(33)22(40)23(20)41)21(26(43)36-18-11-13-4-5-15(32)19(27(44)45)24(13)51-30(18)48)37-28(46)38-8-9-39(29(38)47)52(49,50)10-2-7-35-25(42)17-3-1-6-34-17/h4-5,12,17-18,21,34,40-41,48H,1-3,6-11H2,(H,35,42)(H,36,43)(H,37,46)(H,44,45)/t17-,18-,21?/m0/s1. The molecule has 0 aromatic heterocycles. The maximum Gasteiger partial charge on any atom is 0.547 e. The van der Waals surface area contributed by atoms with Crippen LogP contribution in [0.5, 0.6) is 17.2 Å². The molecule has 0 bridgehead atoms. The Bertz CT molecular complexity index is 1920. The van der Waals surface area contributed by atoms with E-state index in [4.69, 9.17) is 16.3 Å². The highest BCUT2D eigenvalue weighted by Crippen LogP contribution is 2.41. The van der Waals surface area contributed by atoms with Crippen molar-refractivity contribution in [3.63, 3.8) is 0 Å². The Morgan fingerprint density at radius 3 is 2.54 bits per heavy atom. The normalized spacial score (nSPS) is 19.2. The predicted octanol–water partition coefficient (Wildman–Crippen LogP) is -0.0564. The molecule has 3 aliphatic heterocycles. The quantitative estimate of drug-likeness (QED) is 0.0847. The van der Waals surface area contributed by atoms with E-state index in [-0.39, 0.29) is 36.9 Å². The van der Waals surface area contributed by atoms with E-state index in [1.807, 2.05) is 0 Å². The number of carboxylic acid groups (broad SMARTS) is 1. The number of urea groups is 2. The maximum absolute atomic E-state index is 14.6. The lowest BCUT2D eigenvalue weighted by Crippen LogP contribution is -2.56. The molecule has 2 saturated heterocycles. The summed E-state index contributed by atoms with van der Waals surface area (Å²) in [5, 5.41) is 49.2. The maximum atomic E-state index is 14.6. The minimum atomic E-state index is -4.29. The molecule has 8 N–H and O–H groups in total. The Morgan fingerprint density at radius 2 is 1.87 bits per heavy atom. The first kappa shape index (κ1) is 38.3. The number of nitrogens with one attached hydrogen (secondary N) is 4. The Hall–Kier alpha value is -4.93. The van der Waals surface area contributed by atoms with Gasteiger partial charge in [0, 0.05) is 12.1 Å². The van der Waals surface area contributed by atoms with E-state index in [9.17, 15) is 61.5 Å². The summed E-state index contributed by atoms with van der Waals surface area (Å²) in [6.07, 6.45) is 1.07. The number of hydrogen-bond acceptors (Lipinski definition) is 12. The number of nitrogens with zero attached hydrogens (tertiary/aromatic N) is 2. The lowest BCUT2D eigenvalue weighted by atomic mass is 9.72. The van der Waals surface area contributed by atoms with E-state index >= 15 is 0 Å². The first-order valence-corrected chi connectivity index (χ1v) is 17.7. The van der Waals surface area contributed by atoms with Gasteiger partial charge in [-0.3, -0.25) is 9.59 Å². The number of rotatable bonds is 11. The third kappa shape index (κ3) is 7.78. The predicted molar refractivity (Wildman–Crippen MR) is 175 cm³/mol. The van der Waals surface area contributed by atoms with Gasteiger partial charge in [-0.05, 0) is 49.9 Å². The van der Waals surface area contributed by atoms with E-state index < -0.39 is 117 Å². The molecule has 5 rings (SSSR count). The first-order chi connectivity index (χ1) is 24.5. The molecule has 23 heteroatoms. The fraction of sp³-hybridized carbons (Fsp3) is 0.414. The number of carboxylic acids is 1. The molecule has 1 unspecified atom stereocenters. The SMILES string of the molecule is O=C(O)c1c(F)ccc2c1OB(O)[C@@H](NC(=O)C(NC(=O)N1CCN(S(=O)(=O)CCCNC(=O)[C@@H]3CCCN3)C1=O)c1cc(F)c(O)c(O)c1Cl)C2. The number of halogens is 3. The van der Waals surface area contributed by atoms with Crippen LogP contribution in [0.2, 0.25) is 5.02 Å². The van der Waals surface area contributed by atoms with Gasteiger partial charge in [-0.1, -0.05) is 17.7 Å². The molecule has 280 valence electrons. The summed E-state index contributed by atoms with van der Waals surface area (Å²) >= 11 is 6.11. The van der Waals surface area contributed by atoms with Gasteiger partial charge in [0.1, 0.15) is 23.2 Å². The summed E-state index contributed by atoms with van der Waals surface area (Å²) in [6, 6.07) is -2.65. The molecule has 3 atom stereocenters. The van der Waals surface area contributed by atoms with Crippen molar-refractivity contribution in [2.75, 3.05) is 31.9 Å². The second-order valence-corrected chi connectivity index (χ2v) is 14.4.